The van der Waals surface area contributed by atoms with Crippen molar-refractivity contribution >= 4 is 13.7 Å². The highest BCUT2D eigenvalue weighted by Gasteiger charge is 2.47. The van der Waals surface area contributed by atoms with E-state index in [-0.39, 0.29) is 18.0 Å². The van der Waals surface area contributed by atoms with Crippen LogP contribution in [-0.4, -0.2) is 36.4 Å². The first kappa shape index (κ1) is 14.6. The third-order valence-electron chi connectivity index (χ3n) is 3.77. The zero-order valence-electron chi connectivity index (χ0n) is 11.7. The molecule has 0 aromatic carbocycles. The van der Waals surface area contributed by atoms with Crippen LogP contribution >= 0.6 is 0 Å². The molecular weight excluding hydrogens is 213 g/mol. The molecule has 0 bridgehead atoms. The lowest BCUT2D eigenvalue weighted by molar-refractivity contribution is -0.0625. The van der Waals surface area contributed by atoms with Crippen molar-refractivity contribution in [2.75, 3.05) is 0 Å². The molecule has 1 aliphatic heterocycles. The number of amides is 1. The number of hydrogen-bond acceptors (Lipinski definition) is 2. The Kier molecular flexibility index (Phi) is 4.65. The summed E-state index contributed by atoms with van der Waals surface area (Å²) in [5.74, 6) is 0.228. The molecule has 3 atom stereocenters. The summed E-state index contributed by atoms with van der Waals surface area (Å²) < 4.78 is 6.02. The van der Waals surface area contributed by atoms with Gasteiger partial charge >= 0.3 is 0 Å². The molecule has 17 heavy (non-hydrogen) atoms. The molecule has 0 N–H and O–H groups in total. The van der Waals surface area contributed by atoms with Crippen LogP contribution < -0.4 is 0 Å². The van der Waals surface area contributed by atoms with Crippen molar-refractivity contribution in [3.8, 4) is 0 Å². The molecule has 0 aromatic rings. The van der Waals surface area contributed by atoms with Gasteiger partial charge in [0.15, 0.2) is 5.81 Å². The molecule has 1 rings (SSSR count). The minimum Gasteiger partial charge on any atom is -0.351 e. The van der Waals surface area contributed by atoms with Gasteiger partial charge < -0.3 is 9.64 Å². The summed E-state index contributed by atoms with van der Waals surface area (Å²) in [6, 6.07) is 0.108. The van der Waals surface area contributed by atoms with Crippen LogP contribution in [0.2, 0.25) is 0 Å². The predicted molar refractivity (Wildman–Crippen MR) is 70.1 cm³/mol. The number of ether oxygens (including phenoxy) is 1. The monoisotopic (exact) mass is 237 g/mol. The Morgan fingerprint density at radius 1 is 1.47 bits per heavy atom. The van der Waals surface area contributed by atoms with E-state index < -0.39 is 5.72 Å². The van der Waals surface area contributed by atoms with E-state index in [0.717, 1.165) is 19.3 Å². The van der Waals surface area contributed by atoms with Crippen molar-refractivity contribution in [1.29, 1.82) is 0 Å². The van der Waals surface area contributed by atoms with Gasteiger partial charge in [-0.1, -0.05) is 27.2 Å². The first-order valence-electron chi connectivity index (χ1n) is 6.60. The van der Waals surface area contributed by atoms with Crippen molar-refractivity contribution in [2.24, 2.45) is 5.92 Å². The number of nitrogens with zero attached hydrogens (tertiary/aromatic N) is 1. The van der Waals surface area contributed by atoms with Crippen molar-refractivity contribution < 1.29 is 9.53 Å². The third-order valence-corrected chi connectivity index (χ3v) is 3.77. The van der Waals surface area contributed by atoms with Gasteiger partial charge in [-0.25, -0.2) is 0 Å². The Hall–Kier alpha value is -0.505. The largest absolute Gasteiger partial charge is 0.351 e. The highest BCUT2D eigenvalue weighted by Crippen LogP contribution is 2.36. The average Bonchev–Trinajstić information content (AvgIpc) is 2.48. The lowest BCUT2D eigenvalue weighted by Crippen LogP contribution is -2.47. The van der Waals surface area contributed by atoms with Crippen LogP contribution in [0.1, 0.15) is 53.9 Å². The van der Waals surface area contributed by atoms with Crippen LogP contribution in [0.25, 0.3) is 0 Å². The summed E-state index contributed by atoms with van der Waals surface area (Å²) in [6.45, 7) is 10.3. The van der Waals surface area contributed by atoms with Crippen LogP contribution in [0.3, 0.4) is 0 Å². The van der Waals surface area contributed by atoms with Gasteiger partial charge in [0, 0.05) is 0 Å². The second kappa shape index (κ2) is 5.43. The topological polar surface area (TPSA) is 29.5 Å². The number of hydrogen-bond donors (Lipinski definition) is 0. The Morgan fingerprint density at radius 2 is 2.06 bits per heavy atom. The lowest BCUT2D eigenvalue weighted by Gasteiger charge is -2.33. The zero-order chi connectivity index (χ0) is 13.2. The van der Waals surface area contributed by atoms with E-state index >= 15 is 0 Å². The molecule has 1 heterocycles. The Balaban J connectivity index is 2.85. The van der Waals surface area contributed by atoms with E-state index in [1.54, 1.807) is 4.90 Å². The maximum absolute atomic E-state index is 11.6. The van der Waals surface area contributed by atoms with Crippen LogP contribution in [0.4, 0.5) is 4.79 Å². The summed E-state index contributed by atoms with van der Waals surface area (Å²) in [4.78, 5) is 13.3. The summed E-state index contributed by atoms with van der Waals surface area (Å²) in [6.07, 6.45) is 3.11. The molecule has 96 valence electrons. The minimum absolute atomic E-state index is 0.108. The smallest absolute Gasteiger partial charge is 0.200 e. The maximum Gasteiger partial charge on any atom is 0.200 e. The van der Waals surface area contributed by atoms with Gasteiger partial charge in [0.05, 0.1) is 12.1 Å². The third kappa shape index (κ3) is 3.03. The number of rotatable bonds is 4. The van der Waals surface area contributed by atoms with Gasteiger partial charge in [-0.15, -0.1) is 0 Å². The van der Waals surface area contributed by atoms with E-state index in [9.17, 15) is 4.79 Å². The van der Waals surface area contributed by atoms with Crippen molar-refractivity contribution in [3.63, 3.8) is 0 Å². The number of carbonyl (C=O) groups is 1. The van der Waals surface area contributed by atoms with Gasteiger partial charge in [0.25, 0.3) is 0 Å². The number of carbonyl (C=O) groups excluding carboxylic acids is 1. The molecule has 0 aliphatic carbocycles. The van der Waals surface area contributed by atoms with Crippen molar-refractivity contribution in [1.82, 2.24) is 4.90 Å². The fraction of sp³-hybridized carbons (Fsp3) is 0.923. The van der Waals surface area contributed by atoms with E-state index in [1.807, 2.05) is 13.8 Å². The minimum atomic E-state index is -0.579. The zero-order valence-corrected chi connectivity index (χ0v) is 11.7. The quantitative estimate of drug-likeness (QED) is 0.703. The van der Waals surface area contributed by atoms with Gasteiger partial charge in [-0.05, 0) is 32.6 Å². The SMILES string of the molecule is [B]C(=O)N1C(CC)C(CC(C)CC)OC1(C)C. The first-order valence-corrected chi connectivity index (χ1v) is 6.60. The molecule has 0 aromatic heterocycles. The van der Waals surface area contributed by atoms with E-state index in [2.05, 4.69) is 20.8 Å². The highest BCUT2D eigenvalue weighted by atomic mass is 16.5. The van der Waals surface area contributed by atoms with Gasteiger partial charge in [-0.3, -0.25) is 4.79 Å². The lowest BCUT2D eigenvalue weighted by atomic mass is 9.94. The van der Waals surface area contributed by atoms with Crippen molar-refractivity contribution in [2.45, 2.75) is 71.8 Å². The summed E-state index contributed by atoms with van der Waals surface area (Å²) >= 11 is 0. The summed E-state index contributed by atoms with van der Waals surface area (Å²) in [5, 5.41) is 0. The molecule has 0 saturated carbocycles. The summed E-state index contributed by atoms with van der Waals surface area (Å²) in [5.41, 5.74) is -0.579. The normalized spacial score (nSPS) is 29.4. The Bertz CT molecular complexity index is 281. The molecule has 3 unspecified atom stereocenters. The molecule has 1 amide bonds. The van der Waals surface area contributed by atoms with E-state index in [4.69, 9.17) is 12.6 Å². The van der Waals surface area contributed by atoms with E-state index in [1.165, 1.54) is 0 Å². The fourth-order valence-electron chi connectivity index (χ4n) is 2.71. The molecule has 3 nitrogen and oxygen atoms in total. The molecule has 1 saturated heterocycles. The average molecular weight is 237 g/mol. The van der Waals surface area contributed by atoms with Gasteiger partial charge in [-0.2, -0.15) is 0 Å². The first-order chi connectivity index (χ1) is 7.83. The predicted octanol–water partition coefficient (Wildman–Crippen LogP) is 2.93. The van der Waals surface area contributed by atoms with Crippen LogP contribution in [0, 0.1) is 5.92 Å². The van der Waals surface area contributed by atoms with Crippen molar-refractivity contribution in [3.05, 3.63) is 0 Å². The van der Waals surface area contributed by atoms with E-state index in [0.29, 0.717) is 5.92 Å². The molecule has 0 spiro atoms. The Labute approximate surface area is 106 Å². The second-order valence-electron chi connectivity index (χ2n) is 5.54. The molecule has 4 heteroatoms. The second-order valence-corrected chi connectivity index (χ2v) is 5.54. The van der Waals surface area contributed by atoms with Crippen LogP contribution in [0.15, 0.2) is 0 Å². The molecule has 2 radical (unpaired) electrons. The highest BCUT2D eigenvalue weighted by molar-refractivity contribution is 6.57. The standard InChI is InChI=1S/C13H24BNO2/c1-6-9(3)8-11-10(7-2)15(12(14)16)13(4,5)17-11/h9-11H,6-8H2,1-5H3. The Morgan fingerprint density at radius 3 is 2.47 bits per heavy atom. The maximum atomic E-state index is 11.6. The molecular formula is C13H24BNO2. The fourth-order valence-corrected chi connectivity index (χ4v) is 2.71. The van der Waals surface area contributed by atoms with Crippen LogP contribution in [-0.2, 0) is 4.74 Å². The van der Waals surface area contributed by atoms with Gasteiger partial charge in [0.1, 0.15) is 5.72 Å². The van der Waals surface area contributed by atoms with Gasteiger partial charge in [0.2, 0.25) is 7.85 Å². The molecule has 1 aliphatic rings. The molecule has 1 fully saturated rings. The van der Waals surface area contributed by atoms with Crippen LogP contribution in [0.5, 0.6) is 0 Å². The summed E-state index contributed by atoms with van der Waals surface area (Å²) in [7, 11) is 5.47.